The molecule has 1 atom stereocenters. The summed E-state index contributed by atoms with van der Waals surface area (Å²) in [5, 5.41) is 0. The Hall–Kier alpha value is -0.890. The minimum absolute atomic E-state index is 0.0801. The first-order chi connectivity index (χ1) is 8.00. The number of hydrogen-bond donors (Lipinski definition) is 1. The molecule has 1 nitrogen and oxygen atoms in total. The summed E-state index contributed by atoms with van der Waals surface area (Å²) in [6.45, 7) is 4.31. The van der Waals surface area contributed by atoms with E-state index in [0.717, 1.165) is 17.9 Å². The number of halogens is 1. The molecule has 2 heteroatoms. The summed E-state index contributed by atoms with van der Waals surface area (Å²) in [4.78, 5) is 0. The van der Waals surface area contributed by atoms with E-state index in [2.05, 4.69) is 13.8 Å². The van der Waals surface area contributed by atoms with Crippen molar-refractivity contribution < 1.29 is 4.39 Å². The summed E-state index contributed by atoms with van der Waals surface area (Å²) in [5.41, 5.74) is 7.39. The highest BCUT2D eigenvalue weighted by Gasteiger charge is 2.31. The van der Waals surface area contributed by atoms with Crippen molar-refractivity contribution in [1.82, 2.24) is 0 Å². The van der Waals surface area contributed by atoms with Gasteiger partial charge in [0.15, 0.2) is 0 Å². The van der Waals surface area contributed by atoms with E-state index in [9.17, 15) is 4.39 Å². The molecule has 0 radical (unpaired) electrons. The molecule has 1 unspecified atom stereocenters. The van der Waals surface area contributed by atoms with Gasteiger partial charge < -0.3 is 5.73 Å². The zero-order valence-corrected chi connectivity index (χ0v) is 10.7. The van der Waals surface area contributed by atoms with E-state index in [1.54, 1.807) is 0 Å². The van der Waals surface area contributed by atoms with Crippen LogP contribution in [0.15, 0.2) is 24.3 Å². The highest BCUT2D eigenvalue weighted by Crippen LogP contribution is 2.35. The zero-order valence-electron chi connectivity index (χ0n) is 10.7. The molecule has 1 aromatic rings. The molecule has 0 spiro atoms. The van der Waals surface area contributed by atoms with Crippen LogP contribution < -0.4 is 5.73 Å². The first kappa shape index (κ1) is 12.6. The fourth-order valence-electron chi connectivity index (χ4n) is 2.48. The molecule has 1 aliphatic rings. The smallest absolute Gasteiger partial charge is 0.123 e. The molecule has 94 valence electrons. The lowest BCUT2D eigenvalue weighted by atomic mass is 9.71. The molecule has 1 fully saturated rings. The van der Waals surface area contributed by atoms with Crippen LogP contribution in [0.1, 0.15) is 45.1 Å². The van der Waals surface area contributed by atoms with E-state index in [4.69, 9.17) is 5.73 Å². The largest absolute Gasteiger partial charge is 0.327 e. The van der Waals surface area contributed by atoms with Crippen molar-refractivity contribution in [2.24, 2.45) is 11.7 Å². The molecule has 0 bridgehead atoms. The Morgan fingerprint density at radius 3 is 2.35 bits per heavy atom. The van der Waals surface area contributed by atoms with Gasteiger partial charge in [0.25, 0.3) is 0 Å². The number of rotatable bonds is 4. The minimum Gasteiger partial charge on any atom is -0.327 e. The topological polar surface area (TPSA) is 26.0 Å². The van der Waals surface area contributed by atoms with E-state index in [1.165, 1.54) is 31.4 Å². The zero-order chi connectivity index (χ0) is 12.5. The highest BCUT2D eigenvalue weighted by atomic mass is 19.1. The summed E-state index contributed by atoms with van der Waals surface area (Å²) < 4.78 is 12.9. The molecular weight excluding hydrogens is 213 g/mol. The second-order valence-electron chi connectivity index (χ2n) is 5.87. The van der Waals surface area contributed by atoms with Crippen LogP contribution in [0.3, 0.4) is 0 Å². The van der Waals surface area contributed by atoms with Gasteiger partial charge in [-0.25, -0.2) is 4.39 Å². The summed E-state index contributed by atoms with van der Waals surface area (Å²) in [6, 6.07) is 6.91. The Morgan fingerprint density at radius 1 is 1.29 bits per heavy atom. The summed E-state index contributed by atoms with van der Waals surface area (Å²) in [7, 11) is 0. The van der Waals surface area contributed by atoms with Crippen molar-refractivity contribution in [3.05, 3.63) is 35.6 Å². The molecule has 2 N–H and O–H groups in total. The van der Waals surface area contributed by atoms with Crippen molar-refractivity contribution in [1.29, 1.82) is 0 Å². The van der Waals surface area contributed by atoms with Crippen LogP contribution in [0.4, 0.5) is 4.39 Å². The predicted octanol–water partition coefficient (Wildman–Crippen LogP) is 3.62. The van der Waals surface area contributed by atoms with Crippen molar-refractivity contribution in [3.63, 3.8) is 0 Å². The van der Waals surface area contributed by atoms with Crippen molar-refractivity contribution in [2.75, 3.05) is 0 Å². The van der Waals surface area contributed by atoms with Gasteiger partial charge in [-0.05, 0) is 30.0 Å². The Balaban J connectivity index is 2.07. The second-order valence-corrected chi connectivity index (χ2v) is 5.87. The summed E-state index contributed by atoms with van der Waals surface area (Å²) in [5.74, 6) is 0.627. The van der Waals surface area contributed by atoms with Crippen LogP contribution in [-0.4, -0.2) is 6.04 Å². The first-order valence-electron chi connectivity index (χ1n) is 6.52. The Labute approximate surface area is 103 Å². The van der Waals surface area contributed by atoms with Gasteiger partial charge in [0.05, 0.1) is 0 Å². The normalized spacial score (nSPS) is 18.8. The third-order valence-electron chi connectivity index (χ3n) is 4.33. The van der Waals surface area contributed by atoms with Gasteiger partial charge >= 0.3 is 0 Å². The molecule has 17 heavy (non-hydrogen) atoms. The molecule has 0 amide bonds. The van der Waals surface area contributed by atoms with Gasteiger partial charge in [-0.1, -0.05) is 45.2 Å². The number of nitrogens with two attached hydrogens (primary N) is 1. The lowest BCUT2D eigenvalue weighted by Crippen LogP contribution is -2.43. The van der Waals surface area contributed by atoms with Crippen LogP contribution in [-0.2, 0) is 5.41 Å². The fraction of sp³-hybridized carbons (Fsp3) is 0.600. The van der Waals surface area contributed by atoms with Gasteiger partial charge in [-0.2, -0.15) is 0 Å². The number of hydrogen-bond acceptors (Lipinski definition) is 1. The maximum Gasteiger partial charge on any atom is 0.123 e. The molecule has 1 aromatic carbocycles. The molecular formula is C15H22FN. The van der Waals surface area contributed by atoms with Gasteiger partial charge in [0, 0.05) is 11.5 Å². The molecule has 2 rings (SSSR count). The van der Waals surface area contributed by atoms with Crippen LogP contribution in [0.2, 0.25) is 0 Å². The lowest BCUT2D eigenvalue weighted by Gasteiger charge is -2.37. The molecule has 0 saturated heterocycles. The summed E-state index contributed by atoms with van der Waals surface area (Å²) >= 11 is 0. The Kier molecular flexibility index (Phi) is 3.53. The monoisotopic (exact) mass is 235 g/mol. The van der Waals surface area contributed by atoms with Gasteiger partial charge in [-0.3, -0.25) is 0 Å². The minimum atomic E-state index is -0.183. The van der Waals surface area contributed by atoms with Crippen LogP contribution in [0.5, 0.6) is 0 Å². The maximum absolute atomic E-state index is 12.9. The van der Waals surface area contributed by atoms with Gasteiger partial charge in [0.2, 0.25) is 0 Å². The van der Waals surface area contributed by atoms with E-state index >= 15 is 0 Å². The fourth-order valence-corrected chi connectivity index (χ4v) is 2.48. The molecule has 1 aliphatic carbocycles. The van der Waals surface area contributed by atoms with Crippen LogP contribution in [0.25, 0.3) is 0 Å². The van der Waals surface area contributed by atoms with E-state index in [-0.39, 0.29) is 17.3 Å². The standard InChI is InChI=1S/C15H22FN/c1-15(2,12-6-8-13(16)9-7-12)14(17)10-11-4-3-5-11/h6-9,11,14H,3-5,10,17H2,1-2H3. The molecule has 0 aromatic heterocycles. The molecule has 0 aliphatic heterocycles. The average molecular weight is 235 g/mol. The van der Waals surface area contributed by atoms with Crippen LogP contribution >= 0.6 is 0 Å². The molecule has 1 saturated carbocycles. The quantitative estimate of drug-likeness (QED) is 0.847. The van der Waals surface area contributed by atoms with Crippen molar-refractivity contribution in [3.8, 4) is 0 Å². The van der Waals surface area contributed by atoms with E-state index < -0.39 is 0 Å². The lowest BCUT2D eigenvalue weighted by molar-refractivity contribution is 0.240. The van der Waals surface area contributed by atoms with Crippen LogP contribution in [0, 0.1) is 11.7 Å². The third-order valence-corrected chi connectivity index (χ3v) is 4.33. The van der Waals surface area contributed by atoms with Crippen molar-refractivity contribution in [2.45, 2.75) is 51.0 Å². The highest BCUT2D eigenvalue weighted by molar-refractivity contribution is 5.26. The predicted molar refractivity (Wildman–Crippen MR) is 69.4 cm³/mol. The van der Waals surface area contributed by atoms with Gasteiger partial charge in [0.1, 0.15) is 5.82 Å². The SMILES string of the molecule is CC(C)(c1ccc(F)cc1)C(N)CC1CCC1. The first-order valence-corrected chi connectivity index (χ1v) is 6.52. The van der Waals surface area contributed by atoms with Crippen molar-refractivity contribution >= 4 is 0 Å². The van der Waals surface area contributed by atoms with E-state index in [1.807, 2.05) is 12.1 Å². The van der Waals surface area contributed by atoms with Gasteiger partial charge in [-0.15, -0.1) is 0 Å². The summed E-state index contributed by atoms with van der Waals surface area (Å²) in [6.07, 6.45) is 5.10. The third kappa shape index (κ3) is 2.68. The van der Waals surface area contributed by atoms with E-state index in [0.29, 0.717) is 0 Å². The number of benzene rings is 1. The Bertz CT molecular complexity index is 365. The average Bonchev–Trinajstić information content (AvgIpc) is 2.23. The second kappa shape index (κ2) is 4.77. The Morgan fingerprint density at radius 2 is 1.88 bits per heavy atom. The molecule has 0 heterocycles. The maximum atomic E-state index is 12.9.